The number of aromatic nitrogens is 3. The minimum atomic E-state index is 0.0373. The number of nitrogens with zero attached hydrogens (tertiary/aromatic N) is 4. The van der Waals surface area contributed by atoms with Crippen LogP contribution < -0.4 is 10.2 Å². The third-order valence-electron chi connectivity index (χ3n) is 6.21. The first-order valence-corrected chi connectivity index (χ1v) is 12.5. The maximum absolute atomic E-state index is 12.6. The summed E-state index contributed by atoms with van der Waals surface area (Å²) < 4.78 is 1.87. The van der Waals surface area contributed by atoms with E-state index in [1.165, 1.54) is 5.56 Å². The van der Waals surface area contributed by atoms with Gasteiger partial charge in [0.25, 0.3) is 0 Å². The van der Waals surface area contributed by atoms with Crippen molar-refractivity contribution < 1.29 is 4.79 Å². The van der Waals surface area contributed by atoms with E-state index in [9.17, 15) is 4.79 Å². The van der Waals surface area contributed by atoms with Crippen LogP contribution in [0.1, 0.15) is 30.9 Å². The molecule has 3 heterocycles. The molecule has 1 fully saturated rings. The molecule has 6 nitrogen and oxygen atoms in total. The number of piperidine rings is 1. The Morgan fingerprint density at radius 3 is 2.45 bits per heavy atom. The fourth-order valence-electron chi connectivity index (χ4n) is 4.14. The zero-order valence-corrected chi connectivity index (χ0v) is 20.1. The lowest BCUT2D eigenvalue weighted by Crippen LogP contribution is -2.40. The van der Waals surface area contributed by atoms with Gasteiger partial charge in [0.15, 0.2) is 0 Å². The smallest absolute Gasteiger partial charge is 0.223 e. The minimum Gasteiger partial charge on any atom is -0.352 e. The number of carbonyl (C=O) groups excluding carboxylic acids is 1. The Kier molecular flexibility index (Phi) is 6.33. The van der Waals surface area contributed by atoms with Crippen LogP contribution in [0.2, 0.25) is 5.02 Å². The first-order chi connectivity index (χ1) is 16.1. The topological polar surface area (TPSA) is 62.5 Å². The summed E-state index contributed by atoms with van der Waals surface area (Å²) in [6.45, 7) is 4.33. The number of hydrogen-bond acceptors (Lipinski definition) is 5. The number of anilines is 1. The van der Waals surface area contributed by atoms with E-state index >= 15 is 0 Å². The number of halogens is 1. The zero-order valence-electron chi connectivity index (χ0n) is 18.5. The van der Waals surface area contributed by atoms with Gasteiger partial charge in [0, 0.05) is 36.1 Å². The summed E-state index contributed by atoms with van der Waals surface area (Å²) in [5.74, 6) is 0.160. The molecule has 0 atom stereocenters. The maximum atomic E-state index is 12.6. The predicted molar refractivity (Wildman–Crippen MR) is 134 cm³/mol. The molecule has 0 saturated carbocycles. The molecule has 1 N–H and O–H groups in total. The molecule has 1 aliphatic heterocycles. The van der Waals surface area contributed by atoms with Crippen molar-refractivity contribution in [1.82, 2.24) is 19.9 Å². The van der Waals surface area contributed by atoms with E-state index in [0.717, 1.165) is 59.3 Å². The molecule has 1 amide bonds. The Morgan fingerprint density at radius 2 is 1.79 bits per heavy atom. The number of benzene rings is 2. The number of imidazole rings is 1. The molecular weight excluding hydrogens is 454 g/mol. The Morgan fingerprint density at radius 1 is 1.09 bits per heavy atom. The highest BCUT2D eigenvalue weighted by atomic mass is 35.5. The van der Waals surface area contributed by atoms with E-state index in [1.54, 1.807) is 11.3 Å². The number of rotatable bonds is 6. The van der Waals surface area contributed by atoms with Crippen LogP contribution in [0.25, 0.3) is 16.2 Å². The summed E-state index contributed by atoms with van der Waals surface area (Å²) in [6.07, 6.45) is 4.67. The van der Waals surface area contributed by atoms with Crippen LogP contribution >= 0.6 is 22.9 Å². The second-order valence-corrected chi connectivity index (χ2v) is 9.76. The zero-order chi connectivity index (χ0) is 22.8. The molecule has 170 valence electrons. The van der Waals surface area contributed by atoms with E-state index in [-0.39, 0.29) is 11.8 Å². The molecule has 2 aromatic carbocycles. The van der Waals surface area contributed by atoms with Crippen LogP contribution in [0.4, 0.5) is 5.13 Å². The van der Waals surface area contributed by atoms with Gasteiger partial charge in [0.2, 0.25) is 16.0 Å². The van der Waals surface area contributed by atoms with Crippen LogP contribution in [-0.2, 0) is 17.8 Å². The predicted octanol–water partition coefficient (Wildman–Crippen LogP) is 5.21. The third kappa shape index (κ3) is 4.89. The number of fused-ring (bicyclic) bond motifs is 1. The highest BCUT2D eigenvalue weighted by Gasteiger charge is 2.26. The van der Waals surface area contributed by atoms with E-state index in [4.69, 9.17) is 21.7 Å². The van der Waals surface area contributed by atoms with Gasteiger partial charge in [-0.3, -0.25) is 4.79 Å². The van der Waals surface area contributed by atoms with E-state index in [0.29, 0.717) is 11.6 Å². The second-order valence-electron chi connectivity index (χ2n) is 8.39. The van der Waals surface area contributed by atoms with Crippen molar-refractivity contribution >= 4 is 38.9 Å². The Balaban J connectivity index is 1.17. The first kappa shape index (κ1) is 21.9. The van der Waals surface area contributed by atoms with Crippen LogP contribution in [0.5, 0.6) is 0 Å². The number of nitrogens with one attached hydrogen (secondary N) is 1. The third-order valence-corrected chi connectivity index (χ3v) is 7.44. The number of aryl methyl sites for hydroxylation is 1. The summed E-state index contributed by atoms with van der Waals surface area (Å²) in [5, 5.41) is 9.48. The lowest BCUT2D eigenvalue weighted by atomic mass is 9.96. The molecule has 5 rings (SSSR count). The fourth-order valence-corrected chi connectivity index (χ4v) is 5.20. The van der Waals surface area contributed by atoms with E-state index < -0.39 is 0 Å². The Labute approximate surface area is 202 Å². The highest BCUT2D eigenvalue weighted by Crippen LogP contribution is 2.30. The van der Waals surface area contributed by atoms with Gasteiger partial charge in [0.05, 0.1) is 11.9 Å². The summed E-state index contributed by atoms with van der Waals surface area (Å²) in [6, 6.07) is 16.1. The normalized spacial score (nSPS) is 14.7. The van der Waals surface area contributed by atoms with Crippen molar-refractivity contribution in [3.8, 4) is 11.3 Å². The quantitative estimate of drug-likeness (QED) is 0.412. The van der Waals surface area contributed by atoms with Gasteiger partial charge in [0.1, 0.15) is 0 Å². The summed E-state index contributed by atoms with van der Waals surface area (Å²) in [4.78, 5) is 20.5. The van der Waals surface area contributed by atoms with Crippen molar-refractivity contribution in [3.05, 3.63) is 70.9 Å². The molecule has 0 bridgehead atoms. The second kappa shape index (κ2) is 9.53. The molecule has 0 radical (unpaired) electrons. The van der Waals surface area contributed by atoms with Crippen molar-refractivity contribution in [3.63, 3.8) is 0 Å². The first-order valence-electron chi connectivity index (χ1n) is 11.3. The van der Waals surface area contributed by atoms with Crippen LogP contribution in [0, 0.1) is 5.92 Å². The van der Waals surface area contributed by atoms with Crippen LogP contribution in [0.15, 0.2) is 54.7 Å². The van der Waals surface area contributed by atoms with Gasteiger partial charge < -0.3 is 10.2 Å². The Hall–Kier alpha value is -2.90. The van der Waals surface area contributed by atoms with Gasteiger partial charge in [-0.05, 0) is 42.5 Å². The average Bonchev–Trinajstić information content (AvgIpc) is 3.43. The van der Waals surface area contributed by atoms with Gasteiger partial charge in [-0.15, -0.1) is 5.10 Å². The number of hydrogen-bond donors (Lipinski definition) is 1. The molecule has 2 aromatic heterocycles. The van der Waals surface area contributed by atoms with Crippen LogP contribution in [0.3, 0.4) is 0 Å². The number of amides is 1. The fraction of sp³-hybridized carbons (Fsp3) is 0.320. The molecule has 0 unspecified atom stereocenters. The van der Waals surface area contributed by atoms with E-state index in [1.807, 2.05) is 35.0 Å². The lowest BCUT2D eigenvalue weighted by Gasteiger charge is -2.30. The molecule has 8 heteroatoms. The summed E-state index contributed by atoms with van der Waals surface area (Å²) >= 11 is 7.52. The summed E-state index contributed by atoms with van der Waals surface area (Å²) in [7, 11) is 0. The number of carbonyl (C=O) groups is 1. The maximum Gasteiger partial charge on any atom is 0.223 e. The molecule has 1 aliphatic rings. The van der Waals surface area contributed by atoms with Crippen molar-refractivity contribution in [1.29, 1.82) is 0 Å². The Bertz CT molecular complexity index is 1210. The van der Waals surface area contributed by atoms with Crippen molar-refractivity contribution in [2.24, 2.45) is 5.92 Å². The van der Waals surface area contributed by atoms with Crippen LogP contribution in [-0.4, -0.2) is 33.6 Å². The van der Waals surface area contributed by atoms with Crippen molar-refractivity contribution in [2.45, 2.75) is 32.7 Å². The van der Waals surface area contributed by atoms with E-state index in [2.05, 4.69) is 41.4 Å². The molecule has 33 heavy (non-hydrogen) atoms. The van der Waals surface area contributed by atoms with Gasteiger partial charge in [-0.1, -0.05) is 66.3 Å². The summed E-state index contributed by atoms with van der Waals surface area (Å²) in [5.41, 5.74) is 4.43. The molecular formula is C25H26ClN5OS. The lowest BCUT2D eigenvalue weighted by molar-refractivity contribution is -0.125. The molecule has 0 aliphatic carbocycles. The van der Waals surface area contributed by atoms with Gasteiger partial charge in [-0.2, -0.15) is 0 Å². The monoisotopic (exact) mass is 479 g/mol. The molecule has 4 aromatic rings. The molecule has 1 saturated heterocycles. The highest BCUT2D eigenvalue weighted by molar-refractivity contribution is 7.20. The molecule has 0 spiro atoms. The standard InChI is InChI=1S/C25H26ClN5OS/c1-2-17-3-7-19(8-4-17)22-16-31-24(28-22)33-25(29-31)30-13-11-20(12-14-30)23(32)27-15-18-5-9-21(26)10-6-18/h3-10,16,20H,2,11-15H2,1H3,(H,27,32). The van der Waals surface area contributed by atoms with Gasteiger partial charge in [-0.25, -0.2) is 9.50 Å². The average molecular weight is 480 g/mol. The van der Waals surface area contributed by atoms with Crippen molar-refractivity contribution in [2.75, 3.05) is 18.0 Å². The van der Waals surface area contributed by atoms with Gasteiger partial charge >= 0.3 is 0 Å². The largest absolute Gasteiger partial charge is 0.352 e. The SMILES string of the molecule is CCc1ccc(-c2cn3nc(N4CCC(C(=O)NCc5ccc(Cl)cc5)CC4)sc3n2)cc1. The minimum absolute atomic E-state index is 0.0373.